The summed E-state index contributed by atoms with van der Waals surface area (Å²) in [4.78, 5) is 0. The third-order valence-corrected chi connectivity index (χ3v) is 9.81. The van der Waals surface area contributed by atoms with Gasteiger partial charge in [0.1, 0.15) is 0 Å². The van der Waals surface area contributed by atoms with Crippen LogP contribution in [0.15, 0.2) is 121 Å². The van der Waals surface area contributed by atoms with E-state index in [-0.39, 0.29) is 34.6 Å². The Morgan fingerprint density at radius 1 is 0.474 bits per heavy atom. The number of halogens is 1. The highest BCUT2D eigenvalue weighted by Crippen LogP contribution is 2.67. The van der Waals surface area contributed by atoms with Crippen LogP contribution >= 0.6 is 12.4 Å². The van der Waals surface area contributed by atoms with E-state index in [1.807, 2.05) is 0 Å². The summed E-state index contributed by atoms with van der Waals surface area (Å²) >= 11 is 0. The molecular weight excluding hydrogens is 480 g/mol. The number of hydrogen-bond acceptors (Lipinski definition) is 0. The highest BCUT2D eigenvalue weighted by atomic mass is 35.5. The molecule has 4 rings (SSSR count). The van der Waals surface area contributed by atoms with Crippen LogP contribution < -0.4 is 0 Å². The van der Waals surface area contributed by atoms with Gasteiger partial charge in [0.25, 0.3) is 0 Å². The fraction of sp³-hybridized carbons (Fsp3) is 0.351. The van der Waals surface area contributed by atoms with Crippen molar-refractivity contribution in [2.45, 2.75) is 77.0 Å². The maximum atomic E-state index is 2.48. The molecule has 0 saturated heterocycles. The molecule has 0 radical (unpaired) electrons. The normalized spacial score (nSPS) is 14.2. The van der Waals surface area contributed by atoms with Crippen LogP contribution in [-0.2, 0) is 10.8 Å². The first-order valence-corrected chi connectivity index (χ1v) is 14.3. The third kappa shape index (κ3) is 4.52. The highest BCUT2D eigenvalue weighted by molar-refractivity contribution is 5.85. The Bertz CT molecular complexity index is 1170. The van der Waals surface area contributed by atoms with E-state index in [4.69, 9.17) is 0 Å². The summed E-state index contributed by atoms with van der Waals surface area (Å²) in [7, 11) is 0. The molecule has 0 aliphatic rings. The van der Waals surface area contributed by atoms with E-state index in [1.165, 1.54) is 22.3 Å². The van der Waals surface area contributed by atoms with Gasteiger partial charge >= 0.3 is 0 Å². The summed E-state index contributed by atoms with van der Waals surface area (Å²) in [6, 6.07) is 45.6. The Hall–Kier alpha value is -2.83. The first-order valence-electron chi connectivity index (χ1n) is 14.3. The van der Waals surface area contributed by atoms with Crippen molar-refractivity contribution in [1.82, 2.24) is 0 Å². The molecule has 0 heterocycles. The maximum absolute atomic E-state index is 2.48. The van der Waals surface area contributed by atoms with E-state index in [0.717, 1.165) is 25.7 Å². The second-order valence-electron chi connectivity index (χ2n) is 10.6. The average molecular weight is 525 g/mol. The molecule has 4 aromatic carbocycles. The van der Waals surface area contributed by atoms with Crippen LogP contribution in [0.1, 0.15) is 88.5 Å². The molecule has 38 heavy (non-hydrogen) atoms. The topological polar surface area (TPSA) is 0 Å². The Kier molecular flexibility index (Phi) is 10.0. The minimum Gasteiger partial charge on any atom is -0.147 e. The Balaban J connectivity index is 0.00000400. The molecule has 0 N–H and O–H groups in total. The second kappa shape index (κ2) is 12.8. The van der Waals surface area contributed by atoms with Gasteiger partial charge in [-0.1, -0.05) is 156 Å². The minimum atomic E-state index is -0.297. The van der Waals surface area contributed by atoms with Gasteiger partial charge in [0.05, 0.1) is 0 Å². The minimum absolute atomic E-state index is 0. The van der Waals surface area contributed by atoms with Crippen LogP contribution in [0.2, 0.25) is 0 Å². The lowest BCUT2D eigenvalue weighted by atomic mass is 9.38. The quantitative estimate of drug-likeness (QED) is 0.183. The molecule has 0 aliphatic heterocycles. The van der Waals surface area contributed by atoms with Gasteiger partial charge < -0.3 is 0 Å². The molecule has 0 unspecified atom stereocenters. The first-order chi connectivity index (χ1) is 18.1. The lowest BCUT2D eigenvalue weighted by Gasteiger charge is -2.64. The Morgan fingerprint density at radius 2 is 0.816 bits per heavy atom. The summed E-state index contributed by atoms with van der Waals surface area (Å²) < 4.78 is 0. The molecular formula is C37H45Cl. The number of hydrogen-bond donors (Lipinski definition) is 0. The monoisotopic (exact) mass is 524 g/mol. The third-order valence-electron chi connectivity index (χ3n) is 9.81. The van der Waals surface area contributed by atoms with E-state index in [9.17, 15) is 0 Å². The van der Waals surface area contributed by atoms with Crippen LogP contribution in [0.4, 0.5) is 0 Å². The van der Waals surface area contributed by atoms with Gasteiger partial charge in [-0.25, -0.2) is 0 Å². The highest BCUT2D eigenvalue weighted by Gasteiger charge is 2.63. The standard InChI is InChI=1S/C37H44.ClH/c1-6-35(7-2,8-3)36(9-4,32-24-16-11-17-25-32)37(33-26-18-12-19-27-33,34-28-20-13-21-29-34)30(5)31-22-14-10-15-23-31;/h10-30H,6-9H2,1-5H3;1H/t30-,36+;/m0./s1. The maximum Gasteiger partial charge on any atom is 0.0370 e. The summed E-state index contributed by atoms with van der Waals surface area (Å²) in [6.07, 6.45) is 4.44. The molecule has 0 fully saturated rings. The fourth-order valence-electron chi connectivity index (χ4n) is 8.11. The molecule has 2 atom stereocenters. The van der Waals surface area contributed by atoms with Crippen molar-refractivity contribution >= 4 is 12.4 Å². The van der Waals surface area contributed by atoms with Gasteiger partial charge in [0, 0.05) is 10.8 Å². The van der Waals surface area contributed by atoms with E-state index >= 15 is 0 Å². The molecule has 0 spiro atoms. The van der Waals surface area contributed by atoms with E-state index < -0.39 is 0 Å². The van der Waals surface area contributed by atoms with Gasteiger partial charge in [0.2, 0.25) is 0 Å². The fourth-order valence-corrected chi connectivity index (χ4v) is 8.11. The van der Waals surface area contributed by atoms with Crippen molar-refractivity contribution in [3.05, 3.63) is 144 Å². The van der Waals surface area contributed by atoms with Crippen LogP contribution in [0.25, 0.3) is 0 Å². The zero-order valence-corrected chi connectivity index (χ0v) is 24.7. The molecule has 0 aromatic heterocycles. The smallest absolute Gasteiger partial charge is 0.0370 e. The van der Waals surface area contributed by atoms with E-state index in [1.54, 1.807) is 0 Å². The van der Waals surface area contributed by atoms with Gasteiger partial charge in [-0.2, -0.15) is 0 Å². The predicted octanol–water partition coefficient (Wildman–Crippen LogP) is 10.8. The van der Waals surface area contributed by atoms with Crippen molar-refractivity contribution in [3.63, 3.8) is 0 Å². The second-order valence-corrected chi connectivity index (χ2v) is 10.6. The predicted molar refractivity (Wildman–Crippen MR) is 167 cm³/mol. The molecule has 4 aromatic rings. The lowest BCUT2D eigenvalue weighted by Crippen LogP contribution is -2.61. The first kappa shape index (κ1) is 29.7. The molecule has 0 nitrogen and oxygen atoms in total. The van der Waals surface area contributed by atoms with Crippen molar-refractivity contribution in [2.75, 3.05) is 0 Å². The largest absolute Gasteiger partial charge is 0.147 e. The zero-order valence-electron chi connectivity index (χ0n) is 23.9. The van der Waals surface area contributed by atoms with Crippen molar-refractivity contribution in [3.8, 4) is 0 Å². The summed E-state index contributed by atoms with van der Waals surface area (Å²) in [5.74, 6) is 0.239. The van der Waals surface area contributed by atoms with Crippen LogP contribution in [0.3, 0.4) is 0 Å². The van der Waals surface area contributed by atoms with Gasteiger partial charge in [-0.15, -0.1) is 12.4 Å². The summed E-state index contributed by atoms with van der Waals surface area (Å²) in [6.45, 7) is 12.2. The SMILES string of the molecule is CCC(CC)(CC)[C@@](CC)(c1ccccc1)C(c1ccccc1)(c1ccccc1)[C@@H](C)c1ccccc1.Cl. The molecule has 1 heteroatoms. The molecule has 0 saturated carbocycles. The van der Waals surface area contributed by atoms with Crippen LogP contribution in [-0.4, -0.2) is 0 Å². The molecule has 200 valence electrons. The zero-order chi connectivity index (χ0) is 26.4. The Morgan fingerprint density at radius 3 is 1.16 bits per heavy atom. The van der Waals surface area contributed by atoms with Crippen molar-refractivity contribution in [1.29, 1.82) is 0 Å². The average Bonchev–Trinajstić information content (AvgIpc) is 2.99. The van der Waals surface area contributed by atoms with Crippen LogP contribution in [0, 0.1) is 5.41 Å². The molecule has 0 aliphatic carbocycles. The lowest BCUT2D eigenvalue weighted by molar-refractivity contribution is 0.0171. The number of benzene rings is 4. The molecule has 0 bridgehead atoms. The van der Waals surface area contributed by atoms with Gasteiger partial charge in [0.15, 0.2) is 0 Å². The Labute approximate surface area is 238 Å². The molecule has 0 amide bonds. The number of rotatable bonds is 11. The van der Waals surface area contributed by atoms with Crippen LogP contribution in [0.5, 0.6) is 0 Å². The van der Waals surface area contributed by atoms with E-state index in [0.29, 0.717) is 0 Å². The van der Waals surface area contributed by atoms with Gasteiger partial charge in [-0.05, 0) is 59.3 Å². The van der Waals surface area contributed by atoms with E-state index in [2.05, 4.69) is 156 Å². The van der Waals surface area contributed by atoms with Gasteiger partial charge in [-0.3, -0.25) is 0 Å². The van der Waals surface area contributed by atoms with Crippen molar-refractivity contribution < 1.29 is 0 Å². The summed E-state index contributed by atoms with van der Waals surface area (Å²) in [5, 5.41) is 0. The van der Waals surface area contributed by atoms with Crippen molar-refractivity contribution in [2.24, 2.45) is 5.41 Å². The summed E-state index contributed by atoms with van der Waals surface area (Å²) in [5.41, 5.74) is 5.30.